The normalized spacial score (nSPS) is 16.2. The summed E-state index contributed by atoms with van der Waals surface area (Å²) >= 11 is 1.63. The van der Waals surface area contributed by atoms with Gasteiger partial charge >= 0.3 is 5.97 Å². The molecule has 1 aromatic carbocycles. The lowest BCUT2D eigenvalue weighted by atomic mass is 10.1. The molecule has 0 unspecified atom stereocenters. The van der Waals surface area contributed by atoms with E-state index in [1.54, 1.807) is 17.4 Å². The summed E-state index contributed by atoms with van der Waals surface area (Å²) in [5, 5.41) is 14.8. The maximum atomic E-state index is 12.0. The maximum Gasteiger partial charge on any atom is 0.311 e. The van der Waals surface area contributed by atoms with Gasteiger partial charge in [-0.25, -0.2) is 0 Å². The van der Waals surface area contributed by atoms with Gasteiger partial charge in [0.25, 0.3) is 5.91 Å². The van der Waals surface area contributed by atoms with E-state index in [2.05, 4.69) is 5.32 Å². The van der Waals surface area contributed by atoms with Crippen molar-refractivity contribution in [2.45, 2.75) is 12.8 Å². The molecule has 1 heterocycles. The van der Waals surface area contributed by atoms with Crippen molar-refractivity contribution in [3.8, 4) is 0 Å². The number of hydrogen-bond donors (Lipinski definition) is 2. The fraction of sp³-hybridized carbons (Fsp3) is 0.286. The zero-order chi connectivity index (χ0) is 13.5. The monoisotopic (exact) mass is 275 g/mol. The number of aliphatic carboxylic acids is 1. The van der Waals surface area contributed by atoms with Crippen molar-refractivity contribution in [3.05, 3.63) is 35.2 Å². The SMILES string of the molecule is O=C(NCC1(C(=O)O)CC1)c1ccc2sccc2c1. The zero-order valence-corrected chi connectivity index (χ0v) is 11.0. The van der Waals surface area contributed by atoms with Crippen molar-refractivity contribution in [2.24, 2.45) is 5.41 Å². The average Bonchev–Trinajstić information content (AvgIpc) is 3.06. The van der Waals surface area contributed by atoms with E-state index in [1.807, 2.05) is 23.6 Å². The summed E-state index contributed by atoms with van der Waals surface area (Å²) in [4.78, 5) is 23.0. The Labute approximate surface area is 114 Å². The Hall–Kier alpha value is -1.88. The van der Waals surface area contributed by atoms with Crippen LogP contribution in [0.4, 0.5) is 0 Å². The fourth-order valence-electron chi connectivity index (χ4n) is 2.08. The van der Waals surface area contributed by atoms with E-state index >= 15 is 0 Å². The number of carbonyl (C=O) groups is 2. The molecule has 2 aromatic rings. The lowest BCUT2D eigenvalue weighted by molar-refractivity contribution is -0.143. The largest absolute Gasteiger partial charge is 0.481 e. The van der Waals surface area contributed by atoms with E-state index in [-0.39, 0.29) is 12.5 Å². The van der Waals surface area contributed by atoms with Crippen molar-refractivity contribution in [1.29, 1.82) is 0 Å². The standard InChI is InChI=1S/C14H13NO3S/c16-12(15-8-14(4-5-14)13(17)18)10-1-2-11-9(7-10)3-6-19-11/h1-3,6-7H,4-5,8H2,(H,15,16)(H,17,18). The molecule has 5 heteroatoms. The minimum atomic E-state index is -0.818. The van der Waals surface area contributed by atoms with Crippen molar-refractivity contribution in [3.63, 3.8) is 0 Å². The molecular formula is C14H13NO3S. The molecule has 0 aliphatic heterocycles. The molecule has 1 amide bonds. The lowest BCUT2D eigenvalue weighted by Crippen LogP contribution is -2.34. The number of amides is 1. The molecule has 0 spiro atoms. The number of carboxylic acids is 1. The summed E-state index contributed by atoms with van der Waals surface area (Å²) in [7, 11) is 0. The van der Waals surface area contributed by atoms with Crippen LogP contribution in [0.2, 0.25) is 0 Å². The maximum absolute atomic E-state index is 12.0. The van der Waals surface area contributed by atoms with Crippen molar-refractivity contribution in [1.82, 2.24) is 5.32 Å². The molecule has 0 saturated heterocycles. The summed E-state index contributed by atoms with van der Waals surface area (Å²) in [6.07, 6.45) is 1.29. The number of thiophene rings is 1. The fourth-order valence-corrected chi connectivity index (χ4v) is 2.85. The Morgan fingerprint density at radius 2 is 2.11 bits per heavy atom. The third-order valence-electron chi connectivity index (χ3n) is 3.61. The minimum absolute atomic E-state index is 0.208. The number of nitrogens with one attached hydrogen (secondary N) is 1. The lowest BCUT2D eigenvalue weighted by Gasteiger charge is -2.11. The molecule has 3 rings (SSSR count). The Balaban J connectivity index is 1.71. The van der Waals surface area contributed by atoms with Gasteiger partial charge in [-0.3, -0.25) is 9.59 Å². The first kappa shape index (κ1) is 12.2. The first-order chi connectivity index (χ1) is 9.11. The summed E-state index contributed by atoms with van der Waals surface area (Å²) < 4.78 is 1.14. The number of carbonyl (C=O) groups excluding carboxylic acids is 1. The minimum Gasteiger partial charge on any atom is -0.481 e. The number of carboxylic acid groups (broad SMARTS) is 1. The summed E-state index contributed by atoms with van der Waals surface area (Å²) in [5.41, 5.74) is -0.144. The molecule has 0 radical (unpaired) electrons. The van der Waals surface area contributed by atoms with Gasteiger partial charge in [0.15, 0.2) is 0 Å². The van der Waals surface area contributed by atoms with Crippen LogP contribution in [0, 0.1) is 5.41 Å². The Morgan fingerprint density at radius 3 is 2.79 bits per heavy atom. The van der Waals surface area contributed by atoms with E-state index in [4.69, 9.17) is 5.11 Å². The average molecular weight is 275 g/mol. The molecule has 1 aliphatic rings. The van der Waals surface area contributed by atoms with E-state index < -0.39 is 11.4 Å². The van der Waals surface area contributed by atoms with Gasteiger partial charge in [0, 0.05) is 16.8 Å². The second-order valence-electron chi connectivity index (χ2n) is 4.94. The van der Waals surface area contributed by atoms with Crippen LogP contribution in [0.1, 0.15) is 23.2 Å². The van der Waals surface area contributed by atoms with Crippen LogP contribution in [0.5, 0.6) is 0 Å². The van der Waals surface area contributed by atoms with Crippen LogP contribution in [0.3, 0.4) is 0 Å². The Bertz CT molecular complexity index is 658. The smallest absolute Gasteiger partial charge is 0.311 e. The van der Waals surface area contributed by atoms with Crippen molar-refractivity contribution < 1.29 is 14.7 Å². The van der Waals surface area contributed by atoms with Crippen LogP contribution in [-0.4, -0.2) is 23.5 Å². The van der Waals surface area contributed by atoms with Crippen LogP contribution in [0.25, 0.3) is 10.1 Å². The van der Waals surface area contributed by atoms with E-state index in [9.17, 15) is 9.59 Å². The van der Waals surface area contributed by atoms with Gasteiger partial charge in [0.2, 0.25) is 0 Å². The number of rotatable bonds is 4. The van der Waals surface area contributed by atoms with Gasteiger partial charge in [-0.2, -0.15) is 0 Å². The van der Waals surface area contributed by atoms with Gasteiger partial charge in [0.05, 0.1) is 5.41 Å². The van der Waals surface area contributed by atoms with Gasteiger partial charge in [0.1, 0.15) is 0 Å². The topological polar surface area (TPSA) is 66.4 Å². The number of fused-ring (bicyclic) bond motifs is 1. The highest BCUT2D eigenvalue weighted by atomic mass is 32.1. The highest BCUT2D eigenvalue weighted by Crippen LogP contribution is 2.45. The van der Waals surface area contributed by atoms with Gasteiger partial charge in [-0.15, -0.1) is 11.3 Å². The van der Waals surface area contributed by atoms with Crippen LogP contribution >= 0.6 is 11.3 Å². The third kappa shape index (κ3) is 2.21. The molecule has 19 heavy (non-hydrogen) atoms. The summed E-state index contributed by atoms with van der Waals surface area (Å²) in [5.74, 6) is -1.03. The highest BCUT2D eigenvalue weighted by molar-refractivity contribution is 7.17. The Morgan fingerprint density at radius 1 is 1.32 bits per heavy atom. The highest BCUT2D eigenvalue weighted by Gasteiger charge is 2.50. The molecule has 4 nitrogen and oxygen atoms in total. The third-order valence-corrected chi connectivity index (χ3v) is 4.51. The van der Waals surface area contributed by atoms with Gasteiger partial charge < -0.3 is 10.4 Å². The van der Waals surface area contributed by atoms with Crippen molar-refractivity contribution in [2.75, 3.05) is 6.54 Å². The summed E-state index contributed by atoms with van der Waals surface area (Å²) in [6.45, 7) is 0.211. The predicted octanol–water partition coefficient (Wildman–Crippen LogP) is 2.50. The number of hydrogen-bond acceptors (Lipinski definition) is 3. The van der Waals surface area contributed by atoms with E-state index in [1.165, 1.54) is 0 Å². The summed E-state index contributed by atoms with van der Waals surface area (Å²) in [6, 6.07) is 7.49. The number of benzene rings is 1. The van der Waals surface area contributed by atoms with Crippen LogP contribution in [-0.2, 0) is 4.79 Å². The second kappa shape index (κ2) is 4.35. The molecule has 2 N–H and O–H groups in total. The van der Waals surface area contributed by atoms with E-state index in [0.717, 1.165) is 10.1 Å². The van der Waals surface area contributed by atoms with Crippen LogP contribution < -0.4 is 5.32 Å². The van der Waals surface area contributed by atoms with Gasteiger partial charge in [-0.1, -0.05) is 0 Å². The molecule has 0 atom stereocenters. The van der Waals surface area contributed by atoms with Crippen LogP contribution in [0.15, 0.2) is 29.6 Å². The van der Waals surface area contributed by atoms with E-state index in [0.29, 0.717) is 18.4 Å². The quantitative estimate of drug-likeness (QED) is 0.901. The molecule has 1 aliphatic carbocycles. The predicted molar refractivity (Wildman–Crippen MR) is 73.5 cm³/mol. The Kier molecular flexibility index (Phi) is 2.78. The molecule has 0 bridgehead atoms. The molecule has 1 saturated carbocycles. The first-order valence-corrected chi connectivity index (χ1v) is 6.98. The zero-order valence-electron chi connectivity index (χ0n) is 10.2. The van der Waals surface area contributed by atoms with Gasteiger partial charge in [-0.05, 0) is 47.9 Å². The molecule has 1 fully saturated rings. The molecule has 1 aromatic heterocycles. The molecular weight excluding hydrogens is 262 g/mol. The van der Waals surface area contributed by atoms with Crippen molar-refractivity contribution >= 4 is 33.3 Å². The molecule has 98 valence electrons. The second-order valence-corrected chi connectivity index (χ2v) is 5.89. The first-order valence-electron chi connectivity index (χ1n) is 6.10.